The topological polar surface area (TPSA) is 9.86 Å². The molecule has 13 aromatic rings. The number of aromatic nitrogens is 2. The van der Waals surface area contributed by atoms with Crippen molar-refractivity contribution in [2.45, 2.75) is 0 Å². The lowest BCUT2D eigenvalue weighted by Gasteiger charge is -2.18. The first-order valence-electron chi connectivity index (χ1n) is 22.1. The lowest BCUT2D eigenvalue weighted by molar-refractivity contribution is 1.18. The van der Waals surface area contributed by atoms with E-state index in [-0.39, 0.29) is 0 Å². The Morgan fingerprint density at radius 1 is 0.188 bits per heavy atom. The summed E-state index contributed by atoms with van der Waals surface area (Å²) in [7, 11) is 0. The predicted molar refractivity (Wildman–Crippen MR) is 272 cm³/mol. The zero-order chi connectivity index (χ0) is 42.1. The minimum Gasteiger partial charge on any atom is -0.309 e. The van der Waals surface area contributed by atoms with Crippen LogP contribution in [-0.2, 0) is 0 Å². The zero-order valence-corrected chi connectivity index (χ0v) is 35.0. The van der Waals surface area contributed by atoms with Gasteiger partial charge in [0, 0.05) is 32.9 Å². The molecule has 298 valence electrons. The first-order chi connectivity index (χ1) is 31.8. The van der Waals surface area contributed by atoms with Gasteiger partial charge in [-0.3, -0.25) is 0 Å². The number of hydrogen-bond donors (Lipinski definition) is 0. The molecule has 0 amide bonds. The normalized spacial score (nSPS) is 11.8. The lowest BCUT2D eigenvalue weighted by Crippen LogP contribution is -1.95. The third-order valence-corrected chi connectivity index (χ3v) is 13.3. The third-order valence-electron chi connectivity index (χ3n) is 13.3. The highest BCUT2D eigenvalue weighted by molar-refractivity contribution is 6.21. The van der Waals surface area contributed by atoms with E-state index in [0.29, 0.717) is 0 Å². The van der Waals surface area contributed by atoms with Crippen molar-refractivity contribution in [3.8, 4) is 55.9 Å². The minimum atomic E-state index is 1.14. The Morgan fingerprint density at radius 3 is 1.12 bits per heavy atom. The second kappa shape index (κ2) is 14.6. The molecule has 0 aliphatic rings. The van der Waals surface area contributed by atoms with Crippen molar-refractivity contribution < 1.29 is 0 Å². The second-order valence-electron chi connectivity index (χ2n) is 16.8. The molecule has 0 aliphatic carbocycles. The SMILES string of the molecule is c1ccc(-c2ccc3c(c2)c2cc(-c4ccc5c6ccccc6n(-c6ccc(-c7c8ccccc8c(-c8ccccc8)c8ccccc78)cc6)c5c4)ccc2n3-c2ccccc2)cc1. The summed E-state index contributed by atoms with van der Waals surface area (Å²) in [6.45, 7) is 0. The molecule has 0 N–H and O–H groups in total. The molecule has 0 atom stereocenters. The van der Waals surface area contributed by atoms with E-state index in [4.69, 9.17) is 0 Å². The first kappa shape index (κ1) is 36.2. The smallest absolute Gasteiger partial charge is 0.0547 e. The summed E-state index contributed by atoms with van der Waals surface area (Å²) in [5.74, 6) is 0. The van der Waals surface area contributed by atoms with Gasteiger partial charge in [0.2, 0.25) is 0 Å². The van der Waals surface area contributed by atoms with Gasteiger partial charge in [-0.1, -0.05) is 182 Å². The number of para-hydroxylation sites is 2. The predicted octanol–water partition coefficient (Wildman–Crippen LogP) is 16.9. The van der Waals surface area contributed by atoms with Crippen LogP contribution < -0.4 is 0 Å². The molecule has 2 heterocycles. The molecule has 0 saturated heterocycles. The van der Waals surface area contributed by atoms with Crippen LogP contribution in [0.1, 0.15) is 0 Å². The van der Waals surface area contributed by atoms with Crippen molar-refractivity contribution in [2.75, 3.05) is 0 Å². The standard InChI is InChI=1S/C62H40N2/c1-4-16-41(17-5-1)44-31-36-58-55(38-44)56-39-45(32-37-59(56)63(58)47-20-8-3-9-21-47)46-30-35-50-49-22-14-15-27-57(49)64(60(50)40-46)48-33-28-43(29-34-48)62-53-25-12-10-23-51(53)61(42-18-6-2-7-19-42)52-24-11-13-26-54(52)62/h1-40H. The Kier molecular flexibility index (Phi) is 8.25. The first-order valence-corrected chi connectivity index (χ1v) is 22.1. The van der Waals surface area contributed by atoms with Crippen LogP contribution in [0.3, 0.4) is 0 Å². The van der Waals surface area contributed by atoms with Crippen LogP contribution in [0.25, 0.3) is 121 Å². The van der Waals surface area contributed by atoms with Gasteiger partial charge in [0.15, 0.2) is 0 Å². The third kappa shape index (κ3) is 5.66. The molecule has 2 nitrogen and oxygen atoms in total. The molecule has 64 heavy (non-hydrogen) atoms. The summed E-state index contributed by atoms with van der Waals surface area (Å²) in [4.78, 5) is 0. The fraction of sp³-hybridized carbons (Fsp3) is 0. The van der Waals surface area contributed by atoms with Gasteiger partial charge in [-0.2, -0.15) is 0 Å². The van der Waals surface area contributed by atoms with E-state index in [0.717, 1.165) is 11.4 Å². The van der Waals surface area contributed by atoms with Crippen molar-refractivity contribution in [1.29, 1.82) is 0 Å². The molecule has 0 bridgehead atoms. The van der Waals surface area contributed by atoms with Gasteiger partial charge in [0.1, 0.15) is 0 Å². The Labute approximate surface area is 371 Å². The average Bonchev–Trinajstić information content (AvgIpc) is 3.88. The summed E-state index contributed by atoms with van der Waals surface area (Å²) in [5.41, 5.74) is 16.9. The van der Waals surface area contributed by atoms with Gasteiger partial charge in [-0.15, -0.1) is 0 Å². The average molecular weight is 813 g/mol. The van der Waals surface area contributed by atoms with Crippen LogP contribution in [0, 0.1) is 0 Å². The van der Waals surface area contributed by atoms with Crippen LogP contribution in [0.15, 0.2) is 243 Å². The molecule has 0 radical (unpaired) electrons. The van der Waals surface area contributed by atoms with E-state index in [9.17, 15) is 0 Å². The fourth-order valence-electron chi connectivity index (χ4n) is 10.4. The van der Waals surface area contributed by atoms with Crippen LogP contribution in [0.4, 0.5) is 0 Å². The number of hydrogen-bond acceptors (Lipinski definition) is 0. The van der Waals surface area contributed by atoms with Crippen molar-refractivity contribution in [1.82, 2.24) is 9.13 Å². The molecule has 0 saturated carbocycles. The molecule has 0 aliphatic heterocycles. The maximum atomic E-state index is 2.44. The van der Waals surface area contributed by atoms with Crippen molar-refractivity contribution in [3.05, 3.63) is 243 Å². The summed E-state index contributed by atoms with van der Waals surface area (Å²) < 4.78 is 4.84. The van der Waals surface area contributed by atoms with E-state index >= 15 is 0 Å². The second-order valence-corrected chi connectivity index (χ2v) is 16.8. The van der Waals surface area contributed by atoms with E-state index in [2.05, 4.69) is 252 Å². The molecular formula is C62H40N2. The molecule has 2 aromatic heterocycles. The van der Waals surface area contributed by atoms with Crippen molar-refractivity contribution in [3.63, 3.8) is 0 Å². The number of benzene rings is 11. The van der Waals surface area contributed by atoms with Crippen LogP contribution in [0.2, 0.25) is 0 Å². The minimum absolute atomic E-state index is 1.14. The summed E-state index contributed by atoms with van der Waals surface area (Å²) >= 11 is 0. The quantitative estimate of drug-likeness (QED) is 0.148. The monoisotopic (exact) mass is 812 g/mol. The van der Waals surface area contributed by atoms with Crippen LogP contribution in [-0.4, -0.2) is 9.13 Å². The Balaban J connectivity index is 0.971. The van der Waals surface area contributed by atoms with Gasteiger partial charge in [-0.25, -0.2) is 0 Å². The molecule has 13 rings (SSSR count). The Bertz CT molecular complexity index is 3860. The van der Waals surface area contributed by atoms with Crippen molar-refractivity contribution >= 4 is 65.2 Å². The van der Waals surface area contributed by atoms with E-state index < -0.39 is 0 Å². The largest absolute Gasteiger partial charge is 0.309 e. The highest BCUT2D eigenvalue weighted by Gasteiger charge is 2.19. The van der Waals surface area contributed by atoms with Gasteiger partial charge in [0.25, 0.3) is 0 Å². The van der Waals surface area contributed by atoms with Crippen LogP contribution >= 0.6 is 0 Å². The Morgan fingerprint density at radius 2 is 0.547 bits per heavy atom. The highest BCUT2D eigenvalue weighted by atomic mass is 15.0. The molecule has 0 fully saturated rings. The maximum absolute atomic E-state index is 2.44. The molecule has 0 spiro atoms. The van der Waals surface area contributed by atoms with E-state index in [1.807, 2.05) is 0 Å². The molecular weight excluding hydrogens is 773 g/mol. The van der Waals surface area contributed by atoms with Crippen molar-refractivity contribution in [2.24, 2.45) is 0 Å². The molecule has 0 unspecified atom stereocenters. The highest BCUT2D eigenvalue weighted by Crippen LogP contribution is 2.45. The number of rotatable bonds is 6. The van der Waals surface area contributed by atoms with E-state index in [1.165, 1.54) is 110 Å². The summed E-state index contributed by atoms with van der Waals surface area (Å²) in [5, 5.41) is 10.0. The maximum Gasteiger partial charge on any atom is 0.0547 e. The fourth-order valence-corrected chi connectivity index (χ4v) is 10.4. The summed E-state index contributed by atoms with van der Waals surface area (Å²) in [6, 6.07) is 88.9. The van der Waals surface area contributed by atoms with Gasteiger partial charge in [0.05, 0.1) is 22.1 Å². The summed E-state index contributed by atoms with van der Waals surface area (Å²) in [6.07, 6.45) is 0. The van der Waals surface area contributed by atoms with E-state index in [1.54, 1.807) is 0 Å². The Hall–Kier alpha value is -8.46. The molecule has 11 aromatic carbocycles. The number of nitrogens with zero attached hydrogens (tertiary/aromatic N) is 2. The zero-order valence-electron chi connectivity index (χ0n) is 35.0. The van der Waals surface area contributed by atoms with Gasteiger partial charge >= 0.3 is 0 Å². The van der Waals surface area contributed by atoms with Gasteiger partial charge in [-0.05, 0) is 127 Å². The lowest BCUT2D eigenvalue weighted by atomic mass is 9.86. The van der Waals surface area contributed by atoms with Crippen LogP contribution in [0.5, 0.6) is 0 Å². The van der Waals surface area contributed by atoms with Gasteiger partial charge < -0.3 is 9.13 Å². The molecule has 2 heteroatoms. The number of fused-ring (bicyclic) bond motifs is 8.